The quantitative estimate of drug-likeness (QED) is 0.417. The maximum atomic E-state index is 11.6. The zero-order valence-electron chi connectivity index (χ0n) is 14.5. The molecule has 134 valence electrons. The van der Waals surface area contributed by atoms with Crippen molar-refractivity contribution in [3.63, 3.8) is 0 Å². The Balaban J connectivity index is 2.27. The van der Waals surface area contributed by atoms with Crippen molar-refractivity contribution < 1.29 is 28.1 Å². The van der Waals surface area contributed by atoms with Gasteiger partial charge in [0.2, 0.25) is 0 Å². The molecule has 1 heterocycles. The van der Waals surface area contributed by atoms with E-state index in [0.29, 0.717) is 0 Å². The van der Waals surface area contributed by atoms with Crippen molar-refractivity contribution >= 4 is 29.3 Å². The van der Waals surface area contributed by atoms with Crippen LogP contribution in [0.4, 0.5) is 4.79 Å². The fourth-order valence-corrected chi connectivity index (χ4v) is 1.96. The molecule has 1 aliphatic heterocycles. The zero-order chi connectivity index (χ0) is 18.4. The van der Waals surface area contributed by atoms with Gasteiger partial charge in [-0.15, -0.1) is 5.06 Å². The van der Waals surface area contributed by atoms with E-state index in [4.69, 9.17) is 14.3 Å². The number of amides is 1. The molecule has 0 aromatic rings. The average Bonchev–Trinajstić information content (AvgIpc) is 2.68. The monoisotopic (exact) mass is 358 g/mol. The topological polar surface area (TPSA) is 94.5 Å². The summed E-state index contributed by atoms with van der Waals surface area (Å²) in [6.07, 6.45) is 0.665. The summed E-state index contributed by atoms with van der Waals surface area (Å²) in [6, 6.07) is 0. The van der Waals surface area contributed by atoms with Gasteiger partial charge in [0.25, 0.3) is 0 Å². The molecule has 0 radical (unpaired) electrons. The molecule has 8 nitrogen and oxygen atoms in total. The second kappa shape index (κ2) is 8.26. The first kappa shape index (κ1) is 20.1. The van der Waals surface area contributed by atoms with Crippen LogP contribution in [0.2, 0.25) is 0 Å². The number of hydrogen-bond acceptors (Lipinski definition) is 6. The van der Waals surface area contributed by atoms with Crippen molar-refractivity contribution in [1.82, 2.24) is 5.06 Å². The second-order valence-corrected chi connectivity index (χ2v) is 8.44. The van der Waals surface area contributed by atoms with Gasteiger partial charge in [-0.3, -0.25) is 0 Å². The van der Waals surface area contributed by atoms with Gasteiger partial charge in [0.05, 0.1) is 11.4 Å². The summed E-state index contributed by atoms with van der Waals surface area (Å²) >= 11 is 0. The minimum atomic E-state index is -1.33. The lowest BCUT2D eigenvalue weighted by Crippen LogP contribution is -2.30. The average molecular weight is 358 g/mol. The van der Waals surface area contributed by atoms with Crippen molar-refractivity contribution in [2.24, 2.45) is 4.40 Å². The number of rotatable bonds is 5. The Morgan fingerprint density at radius 2 is 2.17 bits per heavy atom. The van der Waals surface area contributed by atoms with Crippen molar-refractivity contribution in [2.45, 2.75) is 45.0 Å². The fraction of sp³-hybridized carbons (Fsp3) is 0.667. The van der Waals surface area contributed by atoms with Gasteiger partial charge in [0, 0.05) is 12.1 Å². The van der Waals surface area contributed by atoms with Crippen LogP contribution >= 0.6 is 0 Å². The van der Waals surface area contributed by atoms with Gasteiger partial charge >= 0.3 is 12.1 Å². The van der Waals surface area contributed by atoms with Gasteiger partial charge in [-0.05, 0) is 34.6 Å². The van der Waals surface area contributed by atoms with Crippen molar-refractivity contribution in [3.8, 4) is 11.8 Å². The normalized spacial score (nSPS) is 18.0. The lowest BCUT2D eigenvalue weighted by Gasteiger charge is -2.13. The van der Waals surface area contributed by atoms with Gasteiger partial charge in [-0.25, -0.2) is 13.8 Å². The molecule has 24 heavy (non-hydrogen) atoms. The molecule has 1 saturated heterocycles. The standard InChI is InChI=1S/C15H22N2O6S/c1-14(2,3)24(20)16-8-10-21-9-6-7-12(18)23-17-11-15(4,5)22-13(17)19/h8H,9-11H2,1-5H3/b16-8+. The van der Waals surface area contributed by atoms with Crippen LogP contribution < -0.4 is 0 Å². The summed E-state index contributed by atoms with van der Waals surface area (Å²) in [4.78, 5) is 27.7. The van der Waals surface area contributed by atoms with Gasteiger partial charge in [-0.1, -0.05) is 5.92 Å². The Kier molecular flexibility index (Phi) is 6.93. The van der Waals surface area contributed by atoms with Gasteiger partial charge in [0.15, 0.2) is 0 Å². The number of ether oxygens (including phenoxy) is 2. The molecule has 0 saturated carbocycles. The summed E-state index contributed by atoms with van der Waals surface area (Å²) in [5.74, 6) is 3.76. The van der Waals surface area contributed by atoms with Crippen LogP contribution in [0, 0.1) is 11.8 Å². The Labute approximate surface area is 144 Å². The fourth-order valence-electron chi connectivity index (χ4n) is 1.45. The molecule has 1 aliphatic rings. The SMILES string of the molecule is CC1(C)CN(OC(=O)C#CCOC/C=N/S(=O)C(C)(C)C)C(=O)O1. The Morgan fingerprint density at radius 1 is 1.50 bits per heavy atom. The van der Waals surface area contributed by atoms with E-state index in [1.165, 1.54) is 6.21 Å². The highest BCUT2D eigenvalue weighted by molar-refractivity contribution is 7.85. The zero-order valence-corrected chi connectivity index (χ0v) is 15.3. The molecule has 0 bridgehead atoms. The molecule has 1 atom stereocenters. The number of carbonyl (C=O) groups is 2. The first-order valence-electron chi connectivity index (χ1n) is 7.25. The van der Waals surface area contributed by atoms with Crippen molar-refractivity contribution in [3.05, 3.63) is 0 Å². The molecule has 0 aromatic heterocycles. The van der Waals surface area contributed by atoms with Crippen LogP contribution in [0.1, 0.15) is 34.6 Å². The number of hydroxylamine groups is 2. The molecule has 0 aliphatic carbocycles. The highest BCUT2D eigenvalue weighted by Gasteiger charge is 2.40. The van der Waals surface area contributed by atoms with Crippen LogP contribution in [-0.4, -0.2) is 57.7 Å². The highest BCUT2D eigenvalue weighted by Crippen LogP contribution is 2.21. The Bertz CT molecular complexity index is 597. The van der Waals surface area contributed by atoms with Crippen LogP contribution in [0.15, 0.2) is 4.40 Å². The molecule has 1 amide bonds. The summed E-state index contributed by atoms with van der Waals surface area (Å²) < 4.78 is 25.1. The lowest BCUT2D eigenvalue weighted by molar-refractivity contribution is -0.167. The number of carbonyl (C=O) groups excluding carboxylic acids is 2. The molecule has 1 fully saturated rings. The third-order valence-electron chi connectivity index (χ3n) is 2.54. The predicted octanol–water partition coefficient (Wildman–Crippen LogP) is 1.23. The maximum Gasteiger partial charge on any atom is 0.444 e. The van der Waals surface area contributed by atoms with Gasteiger partial charge < -0.3 is 14.3 Å². The molecule has 1 rings (SSSR count). The molecule has 0 N–H and O–H groups in total. The number of nitrogens with zero attached hydrogens (tertiary/aromatic N) is 2. The van der Waals surface area contributed by atoms with E-state index in [9.17, 15) is 13.8 Å². The Hall–Kier alpha value is -1.92. The van der Waals surface area contributed by atoms with E-state index in [-0.39, 0.29) is 19.8 Å². The van der Waals surface area contributed by atoms with E-state index >= 15 is 0 Å². The number of hydrogen-bond donors (Lipinski definition) is 0. The molecular formula is C15H22N2O6S. The summed E-state index contributed by atoms with van der Waals surface area (Å²) in [6.45, 7) is 9.08. The van der Waals surface area contributed by atoms with E-state index in [1.54, 1.807) is 13.8 Å². The first-order valence-corrected chi connectivity index (χ1v) is 8.35. The van der Waals surface area contributed by atoms with Crippen LogP contribution in [-0.2, 0) is 30.1 Å². The largest absolute Gasteiger partial charge is 0.444 e. The minimum Gasteiger partial charge on any atom is -0.439 e. The van der Waals surface area contributed by atoms with E-state index < -0.39 is 33.4 Å². The maximum absolute atomic E-state index is 11.6. The summed E-state index contributed by atoms with van der Waals surface area (Å²) in [5, 5.41) is 0.826. The summed E-state index contributed by atoms with van der Waals surface area (Å²) in [7, 11) is -1.33. The minimum absolute atomic E-state index is 0.0286. The third kappa shape index (κ3) is 7.10. The Morgan fingerprint density at radius 3 is 2.71 bits per heavy atom. The number of cyclic esters (lactones) is 1. The molecular weight excluding hydrogens is 336 g/mol. The molecule has 0 aromatic carbocycles. The summed E-state index contributed by atoms with van der Waals surface area (Å²) in [5.41, 5.74) is -0.708. The van der Waals surface area contributed by atoms with Crippen molar-refractivity contribution in [1.29, 1.82) is 0 Å². The smallest absolute Gasteiger partial charge is 0.439 e. The highest BCUT2D eigenvalue weighted by atomic mass is 32.2. The lowest BCUT2D eigenvalue weighted by atomic mass is 10.1. The van der Waals surface area contributed by atoms with Crippen LogP contribution in [0.25, 0.3) is 0 Å². The van der Waals surface area contributed by atoms with Gasteiger partial charge in [0.1, 0.15) is 29.7 Å². The van der Waals surface area contributed by atoms with E-state index in [2.05, 4.69) is 16.2 Å². The third-order valence-corrected chi connectivity index (χ3v) is 3.92. The first-order chi connectivity index (χ1) is 11.0. The predicted molar refractivity (Wildman–Crippen MR) is 88.3 cm³/mol. The van der Waals surface area contributed by atoms with Crippen LogP contribution in [0.3, 0.4) is 0 Å². The van der Waals surface area contributed by atoms with E-state index in [1.807, 2.05) is 20.8 Å². The molecule has 9 heteroatoms. The van der Waals surface area contributed by atoms with E-state index in [0.717, 1.165) is 5.06 Å². The molecule has 0 spiro atoms. The van der Waals surface area contributed by atoms with Crippen molar-refractivity contribution in [2.75, 3.05) is 19.8 Å². The van der Waals surface area contributed by atoms with Crippen LogP contribution in [0.5, 0.6) is 0 Å². The molecule has 1 unspecified atom stereocenters. The second-order valence-electron chi connectivity index (χ2n) is 6.51. The van der Waals surface area contributed by atoms with Gasteiger partial charge in [-0.2, -0.15) is 4.40 Å².